The van der Waals surface area contributed by atoms with E-state index in [4.69, 9.17) is 0 Å². The summed E-state index contributed by atoms with van der Waals surface area (Å²) in [6.45, 7) is 12.0. The smallest absolute Gasteiger partial charge is 0.0169 e. The van der Waals surface area contributed by atoms with E-state index in [0.29, 0.717) is 12.1 Å². The third-order valence-corrected chi connectivity index (χ3v) is 3.02. The average Bonchev–Trinajstić information content (AvgIpc) is 2.16. The highest BCUT2D eigenvalue weighted by atomic mass is 15.2. The van der Waals surface area contributed by atoms with Crippen LogP contribution in [0.15, 0.2) is 12.7 Å². The SMILES string of the molecule is C=CCCCCCN1CC(C)NC(C)C1. The number of hydrogen-bond acceptors (Lipinski definition) is 2. The predicted octanol–water partition coefficient (Wildman–Crippen LogP) is 2.42. The molecule has 0 aromatic heterocycles. The van der Waals surface area contributed by atoms with Gasteiger partial charge in [0.05, 0.1) is 0 Å². The van der Waals surface area contributed by atoms with Gasteiger partial charge in [0.15, 0.2) is 0 Å². The van der Waals surface area contributed by atoms with Crippen molar-refractivity contribution >= 4 is 0 Å². The van der Waals surface area contributed by atoms with E-state index < -0.39 is 0 Å². The van der Waals surface area contributed by atoms with E-state index in [1.54, 1.807) is 0 Å². The number of piperazine rings is 1. The van der Waals surface area contributed by atoms with Crippen LogP contribution in [0.5, 0.6) is 0 Å². The maximum atomic E-state index is 3.75. The van der Waals surface area contributed by atoms with Crippen molar-refractivity contribution < 1.29 is 0 Å². The normalized spacial score (nSPS) is 27.9. The van der Waals surface area contributed by atoms with Crippen molar-refractivity contribution in [2.75, 3.05) is 19.6 Å². The first-order valence-electron chi connectivity index (χ1n) is 6.31. The van der Waals surface area contributed by atoms with Gasteiger partial charge in [0.2, 0.25) is 0 Å². The number of nitrogens with one attached hydrogen (secondary N) is 1. The number of allylic oxidation sites excluding steroid dienone is 1. The Morgan fingerprint density at radius 3 is 2.47 bits per heavy atom. The minimum absolute atomic E-state index is 0.655. The zero-order valence-corrected chi connectivity index (χ0v) is 10.3. The molecular weight excluding hydrogens is 184 g/mol. The molecule has 0 aromatic carbocycles. The van der Waals surface area contributed by atoms with Gasteiger partial charge in [-0.3, -0.25) is 0 Å². The third-order valence-electron chi connectivity index (χ3n) is 3.02. The molecule has 1 saturated heterocycles. The Labute approximate surface area is 94.7 Å². The number of hydrogen-bond donors (Lipinski definition) is 1. The molecule has 1 aliphatic rings. The second-order valence-corrected chi connectivity index (χ2v) is 4.87. The maximum Gasteiger partial charge on any atom is 0.0169 e. The zero-order chi connectivity index (χ0) is 11.1. The largest absolute Gasteiger partial charge is 0.309 e. The Morgan fingerprint density at radius 2 is 1.87 bits per heavy atom. The van der Waals surface area contributed by atoms with Crippen LogP contribution in [-0.2, 0) is 0 Å². The van der Waals surface area contributed by atoms with Crippen molar-refractivity contribution in [3.05, 3.63) is 12.7 Å². The van der Waals surface area contributed by atoms with Crippen molar-refractivity contribution in [3.63, 3.8) is 0 Å². The molecule has 0 aliphatic carbocycles. The molecule has 15 heavy (non-hydrogen) atoms. The van der Waals surface area contributed by atoms with Crippen LogP contribution in [-0.4, -0.2) is 36.6 Å². The van der Waals surface area contributed by atoms with Gasteiger partial charge in [-0.05, 0) is 39.7 Å². The fourth-order valence-corrected chi connectivity index (χ4v) is 2.42. The molecule has 2 heteroatoms. The van der Waals surface area contributed by atoms with Crippen LogP contribution >= 0.6 is 0 Å². The van der Waals surface area contributed by atoms with Gasteiger partial charge in [0, 0.05) is 25.2 Å². The first-order valence-corrected chi connectivity index (χ1v) is 6.31. The molecule has 0 bridgehead atoms. The molecule has 1 heterocycles. The summed E-state index contributed by atoms with van der Waals surface area (Å²) in [5.74, 6) is 0. The van der Waals surface area contributed by atoms with Gasteiger partial charge in [-0.25, -0.2) is 0 Å². The van der Waals surface area contributed by atoms with Crippen molar-refractivity contribution in [2.24, 2.45) is 0 Å². The molecular formula is C13H26N2. The molecule has 1 rings (SSSR count). The first kappa shape index (κ1) is 12.7. The molecule has 1 aliphatic heterocycles. The number of nitrogens with zero attached hydrogens (tertiary/aromatic N) is 1. The molecule has 0 saturated carbocycles. The van der Waals surface area contributed by atoms with Crippen LogP contribution in [0.1, 0.15) is 39.5 Å². The van der Waals surface area contributed by atoms with E-state index in [0.717, 1.165) is 0 Å². The van der Waals surface area contributed by atoms with E-state index in [9.17, 15) is 0 Å². The van der Waals surface area contributed by atoms with Gasteiger partial charge < -0.3 is 10.2 Å². The van der Waals surface area contributed by atoms with Gasteiger partial charge in [-0.2, -0.15) is 0 Å². The summed E-state index contributed by atoms with van der Waals surface area (Å²) in [5.41, 5.74) is 0. The molecule has 0 amide bonds. The predicted molar refractivity (Wildman–Crippen MR) is 67.2 cm³/mol. The average molecular weight is 210 g/mol. The van der Waals surface area contributed by atoms with Crippen molar-refractivity contribution in [2.45, 2.75) is 51.6 Å². The van der Waals surface area contributed by atoms with Gasteiger partial charge in [-0.15, -0.1) is 6.58 Å². The quantitative estimate of drug-likeness (QED) is 0.535. The molecule has 1 N–H and O–H groups in total. The number of rotatable bonds is 6. The molecule has 0 radical (unpaired) electrons. The van der Waals surface area contributed by atoms with E-state index in [-0.39, 0.29) is 0 Å². The fourth-order valence-electron chi connectivity index (χ4n) is 2.42. The highest BCUT2D eigenvalue weighted by Gasteiger charge is 2.19. The Morgan fingerprint density at radius 1 is 1.20 bits per heavy atom. The lowest BCUT2D eigenvalue weighted by molar-refractivity contribution is 0.171. The van der Waals surface area contributed by atoms with E-state index in [1.807, 2.05) is 6.08 Å². The van der Waals surface area contributed by atoms with E-state index in [2.05, 4.69) is 30.6 Å². The molecule has 0 spiro atoms. The Balaban J connectivity index is 2.07. The van der Waals surface area contributed by atoms with Gasteiger partial charge in [0.1, 0.15) is 0 Å². The minimum Gasteiger partial charge on any atom is -0.309 e. The second-order valence-electron chi connectivity index (χ2n) is 4.87. The van der Waals surface area contributed by atoms with Crippen LogP contribution < -0.4 is 5.32 Å². The Kier molecular flexibility index (Phi) is 5.96. The van der Waals surface area contributed by atoms with Crippen LogP contribution in [0, 0.1) is 0 Å². The standard InChI is InChI=1S/C13H26N2/c1-4-5-6-7-8-9-15-10-12(2)14-13(3)11-15/h4,12-14H,1,5-11H2,2-3H3. The summed E-state index contributed by atoms with van der Waals surface area (Å²) < 4.78 is 0. The summed E-state index contributed by atoms with van der Waals surface area (Å²) in [6, 6.07) is 1.31. The Bertz CT molecular complexity index is 169. The topological polar surface area (TPSA) is 15.3 Å². The maximum absolute atomic E-state index is 3.75. The summed E-state index contributed by atoms with van der Waals surface area (Å²) in [4.78, 5) is 2.60. The van der Waals surface area contributed by atoms with Crippen molar-refractivity contribution in [1.29, 1.82) is 0 Å². The fraction of sp³-hybridized carbons (Fsp3) is 0.846. The summed E-state index contributed by atoms with van der Waals surface area (Å²) in [7, 11) is 0. The lowest BCUT2D eigenvalue weighted by Gasteiger charge is -2.36. The minimum atomic E-state index is 0.655. The highest BCUT2D eigenvalue weighted by Crippen LogP contribution is 2.07. The summed E-state index contributed by atoms with van der Waals surface area (Å²) in [5, 5.41) is 3.56. The van der Waals surface area contributed by atoms with Gasteiger partial charge >= 0.3 is 0 Å². The van der Waals surface area contributed by atoms with Crippen LogP contribution in [0.2, 0.25) is 0 Å². The van der Waals surface area contributed by atoms with E-state index >= 15 is 0 Å². The molecule has 2 atom stereocenters. The molecule has 0 aromatic rings. The van der Waals surface area contributed by atoms with Gasteiger partial charge in [-0.1, -0.05) is 12.5 Å². The molecule has 2 unspecified atom stereocenters. The van der Waals surface area contributed by atoms with Gasteiger partial charge in [0.25, 0.3) is 0 Å². The lowest BCUT2D eigenvalue weighted by atomic mass is 10.1. The monoisotopic (exact) mass is 210 g/mol. The first-order chi connectivity index (χ1) is 7.22. The lowest BCUT2D eigenvalue weighted by Crippen LogP contribution is -2.54. The van der Waals surface area contributed by atoms with Crippen molar-refractivity contribution in [3.8, 4) is 0 Å². The van der Waals surface area contributed by atoms with E-state index in [1.165, 1.54) is 45.3 Å². The van der Waals surface area contributed by atoms with Crippen LogP contribution in [0.3, 0.4) is 0 Å². The highest BCUT2D eigenvalue weighted by molar-refractivity contribution is 4.80. The molecule has 2 nitrogen and oxygen atoms in total. The van der Waals surface area contributed by atoms with Crippen LogP contribution in [0.4, 0.5) is 0 Å². The molecule has 1 fully saturated rings. The van der Waals surface area contributed by atoms with Crippen LogP contribution in [0.25, 0.3) is 0 Å². The Hall–Kier alpha value is -0.340. The second kappa shape index (κ2) is 7.02. The summed E-state index contributed by atoms with van der Waals surface area (Å²) in [6.07, 6.45) is 7.19. The third kappa shape index (κ3) is 5.33. The molecule has 88 valence electrons. The summed E-state index contributed by atoms with van der Waals surface area (Å²) >= 11 is 0. The van der Waals surface area contributed by atoms with Crippen molar-refractivity contribution in [1.82, 2.24) is 10.2 Å². The zero-order valence-electron chi connectivity index (χ0n) is 10.3. The number of unbranched alkanes of at least 4 members (excludes halogenated alkanes) is 3.